The molecule has 1 saturated carbocycles. The van der Waals surface area contributed by atoms with Gasteiger partial charge in [0.25, 0.3) is 0 Å². The second-order valence-electron chi connectivity index (χ2n) is 6.29. The number of nitrogens with one attached hydrogen (secondary N) is 1. The highest BCUT2D eigenvalue weighted by molar-refractivity contribution is 5.40. The summed E-state index contributed by atoms with van der Waals surface area (Å²) in [6.07, 6.45) is 6.50. The Hall–Kier alpha value is -1.03. The van der Waals surface area contributed by atoms with Gasteiger partial charge in [-0.3, -0.25) is 4.68 Å². The minimum absolute atomic E-state index is 0.461. The molecule has 0 amide bonds. The molecule has 1 fully saturated rings. The van der Waals surface area contributed by atoms with E-state index in [9.17, 15) is 0 Å². The van der Waals surface area contributed by atoms with Crippen molar-refractivity contribution in [2.75, 3.05) is 19.0 Å². The number of nitrogens with zero attached hydrogens (tertiary/aromatic N) is 2. The van der Waals surface area contributed by atoms with Gasteiger partial charge in [0, 0.05) is 19.3 Å². The van der Waals surface area contributed by atoms with Crippen LogP contribution in [-0.2, 0) is 11.3 Å². The molecule has 1 aromatic heterocycles. The maximum atomic E-state index is 5.05. The lowest BCUT2D eigenvalue weighted by Crippen LogP contribution is -2.22. The van der Waals surface area contributed by atoms with E-state index in [1.165, 1.54) is 12.8 Å². The van der Waals surface area contributed by atoms with Crippen molar-refractivity contribution < 1.29 is 4.74 Å². The van der Waals surface area contributed by atoms with Crippen molar-refractivity contribution in [3.63, 3.8) is 0 Å². The fraction of sp³-hybridized carbons (Fsp3) is 0.786. The van der Waals surface area contributed by atoms with Gasteiger partial charge in [-0.05, 0) is 24.2 Å². The molecule has 0 bridgehead atoms. The second-order valence-corrected chi connectivity index (χ2v) is 6.29. The van der Waals surface area contributed by atoms with Crippen LogP contribution in [0, 0.1) is 11.3 Å². The normalized spacial score (nSPS) is 26.4. The Labute approximate surface area is 110 Å². The van der Waals surface area contributed by atoms with Crippen molar-refractivity contribution in [3.8, 4) is 0 Å². The number of anilines is 1. The molecule has 1 aliphatic carbocycles. The monoisotopic (exact) mass is 251 g/mol. The third-order valence-electron chi connectivity index (χ3n) is 3.84. The highest BCUT2D eigenvalue weighted by Crippen LogP contribution is 2.41. The van der Waals surface area contributed by atoms with Crippen molar-refractivity contribution in [2.24, 2.45) is 11.3 Å². The molecular weight excluding hydrogens is 226 g/mol. The Balaban J connectivity index is 1.91. The minimum atomic E-state index is 0.461. The average Bonchev–Trinajstić information content (AvgIpc) is 2.81. The molecule has 0 saturated heterocycles. The number of methoxy groups -OCH3 is 1. The van der Waals surface area contributed by atoms with Crippen LogP contribution >= 0.6 is 0 Å². The van der Waals surface area contributed by atoms with E-state index >= 15 is 0 Å². The van der Waals surface area contributed by atoms with Gasteiger partial charge < -0.3 is 10.1 Å². The fourth-order valence-corrected chi connectivity index (χ4v) is 3.05. The number of hydrogen-bond donors (Lipinski definition) is 1. The molecule has 0 aliphatic heterocycles. The second kappa shape index (κ2) is 5.31. The Morgan fingerprint density at radius 1 is 1.50 bits per heavy atom. The van der Waals surface area contributed by atoms with Crippen molar-refractivity contribution in [3.05, 3.63) is 12.4 Å². The van der Waals surface area contributed by atoms with E-state index in [1.807, 2.05) is 10.9 Å². The van der Waals surface area contributed by atoms with Crippen LogP contribution in [-0.4, -0.2) is 29.5 Å². The highest BCUT2D eigenvalue weighted by Gasteiger charge is 2.36. The van der Waals surface area contributed by atoms with E-state index in [-0.39, 0.29) is 0 Å². The Morgan fingerprint density at radius 2 is 2.28 bits per heavy atom. The van der Waals surface area contributed by atoms with Crippen LogP contribution < -0.4 is 5.32 Å². The number of ether oxygens (including phenoxy) is 1. The first-order chi connectivity index (χ1) is 8.50. The molecule has 0 spiro atoms. The average molecular weight is 251 g/mol. The van der Waals surface area contributed by atoms with Crippen LogP contribution in [0.4, 0.5) is 5.69 Å². The van der Waals surface area contributed by atoms with E-state index in [0.29, 0.717) is 18.1 Å². The van der Waals surface area contributed by atoms with E-state index in [0.717, 1.165) is 18.2 Å². The maximum Gasteiger partial charge on any atom is 0.0728 e. The summed E-state index contributed by atoms with van der Waals surface area (Å²) in [5, 5.41) is 7.95. The lowest BCUT2D eigenvalue weighted by atomic mass is 9.91. The molecule has 4 nitrogen and oxygen atoms in total. The van der Waals surface area contributed by atoms with Crippen LogP contribution in [0.2, 0.25) is 0 Å². The molecule has 18 heavy (non-hydrogen) atoms. The molecule has 1 aromatic rings. The van der Waals surface area contributed by atoms with Gasteiger partial charge in [-0.25, -0.2) is 0 Å². The first-order valence-corrected chi connectivity index (χ1v) is 6.78. The molecule has 4 heteroatoms. The summed E-state index contributed by atoms with van der Waals surface area (Å²) in [5.41, 5.74) is 1.59. The Bertz CT molecular complexity index is 386. The largest absolute Gasteiger partial charge is 0.383 e. The standard InChI is InChI=1S/C14H25N3O/c1-11-7-14(2,3)8-13(11)16-12-9-15-17(10-12)5-6-18-4/h9-11,13,16H,5-8H2,1-4H3. The highest BCUT2D eigenvalue weighted by atomic mass is 16.5. The fourth-order valence-electron chi connectivity index (χ4n) is 3.05. The van der Waals surface area contributed by atoms with Crippen LogP contribution in [0.15, 0.2) is 12.4 Å². The van der Waals surface area contributed by atoms with Crippen molar-refractivity contribution in [1.29, 1.82) is 0 Å². The maximum absolute atomic E-state index is 5.05. The molecule has 0 radical (unpaired) electrons. The van der Waals surface area contributed by atoms with Gasteiger partial charge in [0.15, 0.2) is 0 Å². The molecular formula is C14H25N3O. The predicted octanol–water partition coefficient (Wildman–Crippen LogP) is 2.77. The van der Waals surface area contributed by atoms with E-state index in [4.69, 9.17) is 4.74 Å². The molecule has 1 heterocycles. The van der Waals surface area contributed by atoms with Gasteiger partial charge in [-0.15, -0.1) is 0 Å². The summed E-state index contributed by atoms with van der Waals surface area (Å²) in [7, 11) is 1.71. The molecule has 1 aliphatic rings. The Morgan fingerprint density at radius 3 is 2.89 bits per heavy atom. The summed E-state index contributed by atoms with van der Waals surface area (Å²) in [6, 6.07) is 0.570. The first-order valence-electron chi connectivity index (χ1n) is 6.78. The molecule has 2 unspecified atom stereocenters. The third kappa shape index (κ3) is 3.25. The predicted molar refractivity (Wildman–Crippen MR) is 73.7 cm³/mol. The molecule has 0 aromatic carbocycles. The zero-order valence-corrected chi connectivity index (χ0v) is 11.9. The van der Waals surface area contributed by atoms with Crippen molar-refractivity contribution in [1.82, 2.24) is 9.78 Å². The number of rotatable bonds is 5. The Kier molecular flexibility index (Phi) is 3.95. The smallest absolute Gasteiger partial charge is 0.0728 e. The minimum Gasteiger partial charge on any atom is -0.383 e. The van der Waals surface area contributed by atoms with Crippen LogP contribution in [0.3, 0.4) is 0 Å². The molecule has 2 atom stereocenters. The van der Waals surface area contributed by atoms with E-state index in [1.54, 1.807) is 7.11 Å². The van der Waals surface area contributed by atoms with Gasteiger partial charge in [0.2, 0.25) is 0 Å². The topological polar surface area (TPSA) is 39.1 Å². The summed E-state index contributed by atoms with van der Waals surface area (Å²) in [5.74, 6) is 0.724. The van der Waals surface area contributed by atoms with Crippen LogP contribution in [0.5, 0.6) is 0 Å². The van der Waals surface area contributed by atoms with E-state index < -0.39 is 0 Å². The van der Waals surface area contributed by atoms with Gasteiger partial charge in [0.1, 0.15) is 0 Å². The van der Waals surface area contributed by atoms with E-state index in [2.05, 4.69) is 37.4 Å². The van der Waals surface area contributed by atoms with Crippen molar-refractivity contribution in [2.45, 2.75) is 46.2 Å². The van der Waals surface area contributed by atoms with Gasteiger partial charge in [0.05, 0.1) is 25.0 Å². The number of aromatic nitrogens is 2. The SMILES string of the molecule is COCCn1cc(NC2CC(C)(C)CC2C)cn1. The summed E-state index contributed by atoms with van der Waals surface area (Å²) in [4.78, 5) is 0. The van der Waals surface area contributed by atoms with Gasteiger partial charge in [-0.2, -0.15) is 5.10 Å². The summed E-state index contributed by atoms with van der Waals surface area (Å²) < 4.78 is 6.98. The quantitative estimate of drug-likeness (QED) is 0.874. The molecule has 1 N–H and O–H groups in total. The zero-order valence-electron chi connectivity index (χ0n) is 11.9. The first kappa shape index (κ1) is 13.4. The molecule has 102 valence electrons. The van der Waals surface area contributed by atoms with Crippen LogP contribution in [0.25, 0.3) is 0 Å². The van der Waals surface area contributed by atoms with Crippen LogP contribution in [0.1, 0.15) is 33.6 Å². The van der Waals surface area contributed by atoms with Gasteiger partial charge in [-0.1, -0.05) is 20.8 Å². The molecule has 2 rings (SSSR count). The van der Waals surface area contributed by atoms with Gasteiger partial charge >= 0.3 is 0 Å². The number of hydrogen-bond acceptors (Lipinski definition) is 3. The summed E-state index contributed by atoms with van der Waals surface area (Å²) >= 11 is 0. The lowest BCUT2D eigenvalue weighted by Gasteiger charge is -2.18. The third-order valence-corrected chi connectivity index (χ3v) is 3.84. The zero-order chi connectivity index (χ0) is 13.2. The lowest BCUT2D eigenvalue weighted by molar-refractivity contribution is 0.183. The van der Waals surface area contributed by atoms with Crippen molar-refractivity contribution >= 4 is 5.69 Å². The summed E-state index contributed by atoms with van der Waals surface area (Å²) in [6.45, 7) is 8.56.